The van der Waals surface area contributed by atoms with Crippen LogP contribution in [0.2, 0.25) is 0 Å². The number of aliphatic hydroxyl groups excluding tert-OH is 1. The summed E-state index contributed by atoms with van der Waals surface area (Å²) in [6, 6.07) is 5.34. The summed E-state index contributed by atoms with van der Waals surface area (Å²) in [5, 5.41) is 10.4. The van der Waals surface area contributed by atoms with Gasteiger partial charge in [0.25, 0.3) is 11.8 Å². The van der Waals surface area contributed by atoms with E-state index in [0.717, 1.165) is 4.90 Å². The predicted molar refractivity (Wildman–Crippen MR) is 83.3 cm³/mol. The van der Waals surface area contributed by atoms with E-state index in [1.165, 1.54) is 6.92 Å². The highest BCUT2D eigenvalue weighted by Crippen LogP contribution is 2.54. The molecule has 1 aliphatic heterocycles. The number of carbonyl (C=O) groups is 2. The molecule has 2 amide bonds. The van der Waals surface area contributed by atoms with Crippen molar-refractivity contribution in [1.82, 2.24) is 4.90 Å². The highest BCUT2D eigenvalue weighted by Gasteiger charge is 2.47. The molecular formula is C15H20NO6P. The van der Waals surface area contributed by atoms with Gasteiger partial charge in [-0.2, -0.15) is 0 Å². The van der Waals surface area contributed by atoms with E-state index in [1.54, 1.807) is 38.1 Å². The molecule has 0 radical (unpaired) electrons. The zero-order chi connectivity index (χ0) is 17.2. The Kier molecular flexibility index (Phi) is 5.37. The average Bonchev–Trinajstić information content (AvgIpc) is 2.78. The summed E-state index contributed by atoms with van der Waals surface area (Å²) in [6.45, 7) is 4.82. The normalized spacial score (nSPS) is 17.3. The van der Waals surface area contributed by atoms with Crippen LogP contribution >= 0.6 is 7.60 Å². The topological polar surface area (TPSA) is 93.1 Å². The third-order valence-corrected chi connectivity index (χ3v) is 5.92. The highest BCUT2D eigenvalue weighted by atomic mass is 31.2. The molecule has 0 unspecified atom stereocenters. The summed E-state index contributed by atoms with van der Waals surface area (Å²) in [7, 11) is -3.86. The fraction of sp³-hybridized carbons (Fsp3) is 0.467. The average molecular weight is 341 g/mol. The van der Waals surface area contributed by atoms with E-state index >= 15 is 0 Å². The van der Waals surface area contributed by atoms with Crippen molar-refractivity contribution < 1.29 is 28.3 Å². The molecule has 23 heavy (non-hydrogen) atoms. The van der Waals surface area contributed by atoms with E-state index < -0.39 is 31.3 Å². The van der Waals surface area contributed by atoms with E-state index in [-0.39, 0.29) is 24.3 Å². The lowest BCUT2D eigenvalue weighted by molar-refractivity contribution is 0.0445. The van der Waals surface area contributed by atoms with E-state index in [1.807, 2.05) is 0 Å². The van der Waals surface area contributed by atoms with Crippen molar-refractivity contribution in [3.63, 3.8) is 0 Å². The van der Waals surface area contributed by atoms with Crippen molar-refractivity contribution in [2.75, 3.05) is 13.2 Å². The Balaban J connectivity index is 2.30. The van der Waals surface area contributed by atoms with Crippen LogP contribution in [0, 0.1) is 0 Å². The van der Waals surface area contributed by atoms with Gasteiger partial charge in [0.05, 0.1) is 30.4 Å². The molecular weight excluding hydrogens is 321 g/mol. The van der Waals surface area contributed by atoms with Crippen molar-refractivity contribution in [2.24, 2.45) is 0 Å². The van der Waals surface area contributed by atoms with Crippen molar-refractivity contribution >= 4 is 19.4 Å². The number of rotatable bonds is 7. The molecule has 8 heteroatoms. The Hall–Kier alpha value is -1.53. The molecule has 0 bridgehead atoms. The number of carbonyl (C=O) groups excluding carboxylic acids is 2. The number of amides is 2. The second-order valence-corrected chi connectivity index (χ2v) is 7.18. The quantitative estimate of drug-likeness (QED) is 0.604. The summed E-state index contributed by atoms with van der Waals surface area (Å²) in [5.41, 5.74) is 0.526. The molecule has 1 heterocycles. The van der Waals surface area contributed by atoms with Crippen LogP contribution in [0.5, 0.6) is 0 Å². The molecule has 1 N–H and O–H groups in total. The molecule has 1 aromatic carbocycles. The Morgan fingerprint density at radius 3 is 1.91 bits per heavy atom. The number of hydrogen-bond donors (Lipinski definition) is 1. The van der Waals surface area contributed by atoms with E-state index in [9.17, 15) is 19.3 Å². The van der Waals surface area contributed by atoms with Gasteiger partial charge in [-0.1, -0.05) is 12.1 Å². The van der Waals surface area contributed by atoms with Crippen LogP contribution in [0.4, 0.5) is 0 Å². The van der Waals surface area contributed by atoms with Crippen LogP contribution in [-0.4, -0.2) is 46.9 Å². The van der Waals surface area contributed by atoms with Gasteiger partial charge in [0, 0.05) is 0 Å². The molecule has 2 rings (SSSR count). The minimum atomic E-state index is -3.86. The van der Waals surface area contributed by atoms with Crippen molar-refractivity contribution in [1.29, 1.82) is 0 Å². The first-order chi connectivity index (χ1) is 10.9. The van der Waals surface area contributed by atoms with E-state index in [0.29, 0.717) is 0 Å². The number of fused-ring (bicyclic) bond motifs is 1. The zero-order valence-electron chi connectivity index (χ0n) is 13.3. The Bertz CT molecular complexity index is 616. The molecule has 126 valence electrons. The van der Waals surface area contributed by atoms with Crippen molar-refractivity contribution in [3.05, 3.63) is 35.4 Å². The lowest BCUT2D eigenvalue weighted by atomic mass is 10.1. The second-order valence-electron chi connectivity index (χ2n) is 5.06. The number of hydrogen-bond acceptors (Lipinski definition) is 6. The molecule has 0 spiro atoms. The minimum Gasteiger partial charge on any atom is -0.379 e. The van der Waals surface area contributed by atoms with E-state index in [2.05, 4.69) is 0 Å². The van der Waals surface area contributed by atoms with Crippen LogP contribution in [0.15, 0.2) is 24.3 Å². The smallest absolute Gasteiger partial charge is 0.360 e. The SMILES string of the molecule is CCOP(=O)(OCC)[C@@H](O)[C@H](C)N1C(=O)c2ccccc2C1=O. The van der Waals surface area contributed by atoms with Crippen molar-refractivity contribution in [2.45, 2.75) is 32.7 Å². The minimum absolute atomic E-state index is 0.0726. The van der Waals surface area contributed by atoms with Crippen LogP contribution < -0.4 is 0 Å². The molecule has 0 saturated carbocycles. The van der Waals surface area contributed by atoms with Gasteiger partial charge in [0.2, 0.25) is 0 Å². The van der Waals surface area contributed by atoms with Crippen molar-refractivity contribution in [3.8, 4) is 0 Å². The van der Waals surface area contributed by atoms with Crippen LogP contribution in [0.25, 0.3) is 0 Å². The first-order valence-corrected chi connectivity index (χ1v) is 9.02. The molecule has 1 aliphatic rings. The largest absolute Gasteiger partial charge is 0.379 e. The first-order valence-electron chi connectivity index (χ1n) is 7.41. The predicted octanol–water partition coefficient (Wildman–Crippen LogP) is 2.26. The molecule has 7 nitrogen and oxygen atoms in total. The molecule has 0 aliphatic carbocycles. The van der Waals surface area contributed by atoms with Gasteiger partial charge in [-0.15, -0.1) is 0 Å². The van der Waals surface area contributed by atoms with Gasteiger partial charge in [-0.25, -0.2) is 0 Å². The lowest BCUT2D eigenvalue weighted by Gasteiger charge is -2.31. The Morgan fingerprint density at radius 2 is 1.52 bits per heavy atom. The maximum atomic E-state index is 12.7. The van der Waals surface area contributed by atoms with Crippen LogP contribution in [0.1, 0.15) is 41.5 Å². The lowest BCUT2D eigenvalue weighted by Crippen LogP contribution is -2.45. The summed E-state index contributed by atoms with van der Waals surface area (Å²) < 4.78 is 22.8. The number of benzene rings is 1. The Morgan fingerprint density at radius 1 is 1.09 bits per heavy atom. The second kappa shape index (κ2) is 6.93. The van der Waals surface area contributed by atoms with Gasteiger partial charge in [-0.3, -0.25) is 19.1 Å². The van der Waals surface area contributed by atoms with Gasteiger partial charge < -0.3 is 14.2 Å². The summed E-state index contributed by atoms with van der Waals surface area (Å²) in [6.07, 6.45) is 0. The van der Waals surface area contributed by atoms with Gasteiger partial charge in [-0.05, 0) is 32.9 Å². The van der Waals surface area contributed by atoms with Crippen LogP contribution in [-0.2, 0) is 13.6 Å². The maximum Gasteiger partial charge on any atom is 0.360 e. The summed E-state index contributed by atoms with van der Waals surface area (Å²) >= 11 is 0. The standard InChI is InChI=1S/C15H20NO6P/c1-4-21-23(20,22-5-2)15(19)10(3)16-13(17)11-8-6-7-9-12(11)14(16)18/h6-10,15,19H,4-5H2,1-3H3/t10-,15+/m0/s1. The molecule has 0 fully saturated rings. The zero-order valence-corrected chi connectivity index (χ0v) is 14.2. The maximum absolute atomic E-state index is 12.7. The highest BCUT2D eigenvalue weighted by molar-refractivity contribution is 7.54. The summed E-state index contributed by atoms with van der Waals surface area (Å²) in [4.78, 5) is 25.7. The Labute approximate surface area is 134 Å². The number of imide groups is 1. The van der Waals surface area contributed by atoms with Gasteiger partial charge in [0.15, 0.2) is 5.85 Å². The third kappa shape index (κ3) is 3.10. The number of aliphatic hydroxyl groups is 1. The monoisotopic (exact) mass is 341 g/mol. The summed E-state index contributed by atoms with van der Waals surface area (Å²) in [5.74, 6) is -2.68. The first kappa shape index (κ1) is 17.8. The molecule has 0 aromatic heterocycles. The molecule has 0 saturated heterocycles. The molecule has 2 atom stereocenters. The van der Waals surface area contributed by atoms with Gasteiger partial charge >= 0.3 is 7.60 Å². The van der Waals surface area contributed by atoms with E-state index in [4.69, 9.17) is 9.05 Å². The molecule has 1 aromatic rings. The third-order valence-electron chi connectivity index (χ3n) is 3.61. The fourth-order valence-corrected chi connectivity index (χ4v) is 4.29. The number of nitrogens with zero attached hydrogens (tertiary/aromatic N) is 1. The van der Waals surface area contributed by atoms with Crippen LogP contribution in [0.3, 0.4) is 0 Å². The fourth-order valence-electron chi connectivity index (χ4n) is 2.53. The van der Waals surface area contributed by atoms with Gasteiger partial charge in [0.1, 0.15) is 0 Å².